The van der Waals surface area contributed by atoms with Gasteiger partial charge >= 0.3 is 5.97 Å². The van der Waals surface area contributed by atoms with E-state index in [0.29, 0.717) is 17.2 Å². The number of rotatable bonds is 3. The maximum atomic E-state index is 10.9. The van der Waals surface area contributed by atoms with Gasteiger partial charge in [0.1, 0.15) is 11.9 Å². The molecule has 0 saturated carbocycles. The van der Waals surface area contributed by atoms with Gasteiger partial charge in [-0.2, -0.15) is 0 Å². The average molecular weight is 241 g/mol. The number of hydrogen-bond donors (Lipinski definition) is 0. The molecule has 0 bridgehead atoms. The molecular formula is C12H13ClO3. The van der Waals surface area contributed by atoms with Crippen LogP contribution in [0.5, 0.6) is 5.75 Å². The maximum Gasteiger partial charge on any atom is 0.306 e. The molecule has 1 aliphatic rings. The van der Waals surface area contributed by atoms with E-state index in [1.54, 1.807) is 7.11 Å². The molecule has 0 spiro atoms. The lowest BCUT2D eigenvalue weighted by molar-refractivity contribution is -0.141. The fourth-order valence-corrected chi connectivity index (χ4v) is 2.11. The minimum absolute atomic E-state index is 0.00281. The zero-order chi connectivity index (χ0) is 11.5. The molecule has 1 fully saturated rings. The third kappa shape index (κ3) is 2.47. The summed E-state index contributed by atoms with van der Waals surface area (Å²) in [5.41, 5.74) is 1.06. The van der Waals surface area contributed by atoms with Crippen LogP contribution < -0.4 is 4.74 Å². The Morgan fingerprint density at radius 3 is 2.94 bits per heavy atom. The highest BCUT2D eigenvalue weighted by Crippen LogP contribution is 2.27. The molecule has 86 valence electrons. The van der Waals surface area contributed by atoms with Crippen molar-refractivity contribution in [2.24, 2.45) is 0 Å². The Balaban J connectivity index is 2.04. The van der Waals surface area contributed by atoms with Gasteiger partial charge in [-0.3, -0.25) is 4.79 Å². The Morgan fingerprint density at radius 2 is 2.38 bits per heavy atom. The molecule has 1 aromatic rings. The van der Waals surface area contributed by atoms with Crippen LogP contribution in [0.3, 0.4) is 0 Å². The maximum absolute atomic E-state index is 10.9. The van der Waals surface area contributed by atoms with Crippen LogP contribution in [-0.4, -0.2) is 19.2 Å². The molecule has 1 aromatic carbocycles. The first-order valence-corrected chi connectivity index (χ1v) is 5.58. The van der Waals surface area contributed by atoms with Crippen LogP contribution in [0.4, 0.5) is 0 Å². The minimum Gasteiger partial charge on any atom is -0.495 e. The predicted molar refractivity (Wildman–Crippen MR) is 60.8 cm³/mol. The molecule has 0 amide bonds. The Labute approximate surface area is 99.3 Å². The molecule has 0 N–H and O–H groups in total. The van der Waals surface area contributed by atoms with Gasteiger partial charge in [-0.25, -0.2) is 0 Å². The SMILES string of the molecule is COc1ccc(CC2CCC(=O)O2)cc1Cl. The molecule has 2 rings (SSSR count). The van der Waals surface area contributed by atoms with Crippen molar-refractivity contribution in [3.05, 3.63) is 28.8 Å². The molecule has 0 aliphatic carbocycles. The zero-order valence-electron chi connectivity index (χ0n) is 9.03. The van der Waals surface area contributed by atoms with E-state index in [1.165, 1.54) is 0 Å². The third-order valence-corrected chi connectivity index (χ3v) is 2.94. The highest BCUT2D eigenvalue weighted by molar-refractivity contribution is 6.32. The second-order valence-corrected chi connectivity index (χ2v) is 4.23. The first kappa shape index (κ1) is 11.3. The second kappa shape index (κ2) is 4.74. The Hall–Kier alpha value is -1.22. The summed E-state index contributed by atoms with van der Waals surface area (Å²) in [6.45, 7) is 0. The van der Waals surface area contributed by atoms with Crippen molar-refractivity contribution in [1.82, 2.24) is 0 Å². The quantitative estimate of drug-likeness (QED) is 0.762. The molecular weight excluding hydrogens is 228 g/mol. The fourth-order valence-electron chi connectivity index (χ4n) is 1.83. The van der Waals surface area contributed by atoms with Crippen molar-refractivity contribution < 1.29 is 14.3 Å². The lowest BCUT2D eigenvalue weighted by Gasteiger charge is -2.10. The molecule has 1 heterocycles. The summed E-state index contributed by atoms with van der Waals surface area (Å²) in [6, 6.07) is 5.62. The number of esters is 1. The Kier molecular flexibility index (Phi) is 3.34. The van der Waals surface area contributed by atoms with Gasteiger partial charge in [0.2, 0.25) is 0 Å². The number of benzene rings is 1. The van der Waals surface area contributed by atoms with Crippen LogP contribution in [0.25, 0.3) is 0 Å². The summed E-state index contributed by atoms with van der Waals surface area (Å²) in [6.07, 6.45) is 2.03. The first-order chi connectivity index (χ1) is 7.69. The van der Waals surface area contributed by atoms with E-state index < -0.39 is 0 Å². The van der Waals surface area contributed by atoms with E-state index in [0.717, 1.165) is 18.4 Å². The standard InChI is InChI=1S/C12H13ClO3/c1-15-11-4-2-8(7-10(11)13)6-9-3-5-12(14)16-9/h2,4,7,9H,3,5-6H2,1H3. The van der Waals surface area contributed by atoms with Crippen molar-refractivity contribution in [1.29, 1.82) is 0 Å². The summed E-state index contributed by atoms with van der Waals surface area (Å²) in [7, 11) is 1.58. The summed E-state index contributed by atoms with van der Waals surface area (Å²) < 4.78 is 10.2. The van der Waals surface area contributed by atoms with Crippen LogP contribution in [-0.2, 0) is 16.0 Å². The number of hydrogen-bond acceptors (Lipinski definition) is 3. The van der Waals surface area contributed by atoms with E-state index in [-0.39, 0.29) is 12.1 Å². The topological polar surface area (TPSA) is 35.5 Å². The molecule has 1 unspecified atom stereocenters. The third-order valence-electron chi connectivity index (χ3n) is 2.65. The van der Waals surface area contributed by atoms with Crippen LogP contribution in [0.2, 0.25) is 5.02 Å². The largest absolute Gasteiger partial charge is 0.495 e. The van der Waals surface area contributed by atoms with Crippen molar-refractivity contribution in [3.63, 3.8) is 0 Å². The van der Waals surface area contributed by atoms with Gasteiger partial charge in [0.05, 0.1) is 12.1 Å². The highest BCUT2D eigenvalue weighted by Gasteiger charge is 2.23. The van der Waals surface area contributed by atoms with Crippen LogP contribution in [0.15, 0.2) is 18.2 Å². The Bertz CT molecular complexity index is 403. The van der Waals surface area contributed by atoms with E-state index in [1.807, 2.05) is 18.2 Å². The van der Waals surface area contributed by atoms with Gasteiger partial charge in [-0.05, 0) is 24.1 Å². The zero-order valence-corrected chi connectivity index (χ0v) is 9.79. The van der Waals surface area contributed by atoms with Gasteiger partial charge in [0.25, 0.3) is 0 Å². The van der Waals surface area contributed by atoms with Crippen molar-refractivity contribution in [2.75, 3.05) is 7.11 Å². The van der Waals surface area contributed by atoms with Crippen LogP contribution in [0, 0.1) is 0 Å². The van der Waals surface area contributed by atoms with Crippen molar-refractivity contribution >= 4 is 17.6 Å². The molecule has 0 aromatic heterocycles. The number of cyclic esters (lactones) is 1. The smallest absolute Gasteiger partial charge is 0.306 e. The molecule has 16 heavy (non-hydrogen) atoms. The lowest BCUT2D eigenvalue weighted by atomic mass is 10.1. The number of carbonyl (C=O) groups is 1. The van der Waals surface area contributed by atoms with Gasteiger partial charge in [-0.15, -0.1) is 0 Å². The fraction of sp³-hybridized carbons (Fsp3) is 0.417. The first-order valence-electron chi connectivity index (χ1n) is 5.21. The van der Waals surface area contributed by atoms with Gasteiger partial charge in [0, 0.05) is 12.8 Å². The predicted octanol–water partition coefficient (Wildman–Crippen LogP) is 2.60. The molecule has 1 atom stereocenters. The summed E-state index contributed by atoms with van der Waals surface area (Å²) in [4.78, 5) is 10.9. The molecule has 0 radical (unpaired) electrons. The van der Waals surface area contributed by atoms with E-state index in [4.69, 9.17) is 21.1 Å². The summed E-state index contributed by atoms with van der Waals surface area (Å²) in [5.74, 6) is 0.554. The molecule has 1 aliphatic heterocycles. The lowest BCUT2D eigenvalue weighted by Crippen LogP contribution is -2.10. The van der Waals surface area contributed by atoms with Gasteiger partial charge in [-0.1, -0.05) is 17.7 Å². The van der Waals surface area contributed by atoms with Crippen LogP contribution in [0.1, 0.15) is 18.4 Å². The van der Waals surface area contributed by atoms with Crippen molar-refractivity contribution in [3.8, 4) is 5.75 Å². The molecule has 1 saturated heterocycles. The van der Waals surface area contributed by atoms with E-state index in [2.05, 4.69) is 0 Å². The van der Waals surface area contributed by atoms with Crippen molar-refractivity contribution in [2.45, 2.75) is 25.4 Å². The van der Waals surface area contributed by atoms with Crippen LogP contribution >= 0.6 is 11.6 Å². The average Bonchev–Trinajstić information content (AvgIpc) is 2.64. The molecule has 3 nitrogen and oxygen atoms in total. The number of halogens is 1. The monoisotopic (exact) mass is 240 g/mol. The van der Waals surface area contributed by atoms with E-state index >= 15 is 0 Å². The number of ether oxygens (including phenoxy) is 2. The number of methoxy groups -OCH3 is 1. The Morgan fingerprint density at radius 1 is 1.56 bits per heavy atom. The van der Waals surface area contributed by atoms with Gasteiger partial charge < -0.3 is 9.47 Å². The number of carbonyl (C=O) groups excluding carboxylic acids is 1. The second-order valence-electron chi connectivity index (χ2n) is 3.82. The highest BCUT2D eigenvalue weighted by atomic mass is 35.5. The van der Waals surface area contributed by atoms with Gasteiger partial charge in [0.15, 0.2) is 0 Å². The minimum atomic E-state index is -0.107. The normalized spacial score (nSPS) is 19.6. The summed E-state index contributed by atoms with van der Waals surface area (Å²) >= 11 is 6.01. The van der Waals surface area contributed by atoms with E-state index in [9.17, 15) is 4.79 Å². The summed E-state index contributed by atoms with van der Waals surface area (Å²) in [5, 5.41) is 0.587. The molecule has 4 heteroatoms.